The number of hydrogen-bond donors (Lipinski definition) is 0. The minimum Gasteiger partial charge on any atom is -0.300 e. The van der Waals surface area contributed by atoms with Crippen molar-refractivity contribution in [3.05, 3.63) is 47.1 Å². The predicted octanol–water partition coefficient (Wildman–Crippen LogP) is 2.67. The first-order valence-electron chi connectivity index (χ1n) is 9.30. The van der Waals surface area contributed by atoms with Gasteiger partial charge in [-0.15, -0.1) is 11.3 Å². The SMILES string of the molecule is CN(Cc1nccs1)C1CC12CCN(Cc1cnc3cnccn13)CC2. The molecule has 4 heterocycles. The average molecular weight is 369 g/mol. The first-order chi connectivity index (χ1) is 12.7. The van der Waals surface area contributed by atoms with E-state index < -0.39 is 0 Å². The van der Waals surface area contributed by atoms with Crippen LogP contribution in [0.3, 0.4) is 0 Å². The van der Waals surface area contributed by atoms with Crippen LogP contribution in [0, 0.1) is 5.41 Å². The van der Waals surface area contributed by atoms with Gasteiger partial charge in [-0.1, -0.05) is 0 Å². The van der Waals surface area contributed by atoms with Crippen molar-refractivity contribution in [1.29, 1.82) is 0 Å². The van der Waals surface area contributed by atoms with Gasteiger partial charge in [0, 0.05) is 36.6 Å². The minimum absolute atomic E-state index is 0.548. The number of imidazole rings is 1. The van der Waals surface area contributed by atoms with Gasteiger partial charge in [-0.3, -0.25) is 19.2 Å². The average Bonchev–Trinajstić information content (AvgIpc) is 3.00. The molecule has 3 aromatic rings. The highest BCUT2D eigenvalue weighted by molar-refractivity contribution is 7.09. The molecule has 0 radical (unpaired) electrons. The molecule has 136 valence electrons. The number of aromatic nitrogens is 4. The van der Waals surface area contributed by atoms with E-state index in [4.69, 9.17) is 0 Å². The summed E-state index contributed by atoms with van der Waals surface area (Å²) in [4.78, 5) is 18.1. The molecule has 1 saturated heterocycles. The Bertz CT molecular complexity index is 880. The summed E-state index contributed by atoms with van der Waals surface area (Å²) >= 11 is 1.76. The summed E-state index contributed by atoms with van der Waals surface area (Å²) in [6.07, 6.45) is 13.5. The molecule has 1 unspecified atom stereocenters. The molecule has 1 atom stereocenters. The summed E-state index contributed by atoms with van der Waals surface area (Å²) in [5.74, 6) is 0. The number of likely N-dealkylation sites (tertiary alicyclic amines) is 1. The minimum atomic E-state index is 0.548. The lowest BCUT2D eigenvalue weighted by Gasteiger charge is -2.34. The molecule has 5 rings (SSSR count). The maximum absolute atomic E-state index is 4.46. The monoisotopic (exact) mass is 368 g/mol. The van der Waals surface area contributed by atoms with Crippen LogP contribution in [0.2, 0.25) is 0 Å². The van der Waals surface area contributed by atoms with Crippen molar-refractivity contribution in [1.82, 2.24) is 29.2 Å². The number of rotatable bonds is 5. The maximum Gasteiger partial charge on any atom is 0.155 e. The lowest BCUT2D eigenvalue weighted by molar-refractivity contribution is 0.138. The van der Waals surface area contributed by atoms with Gasteiger partial charge in [0.1, 0.15) is 5.01 Å². The normalized spacial score (nSPS) is 22.5. The van der Waals surface area contributed by atoms with E-state index in [1.54, 1.807) is 11.3 Å². The second kappa shape index (κ2) is 6.40. The molecule has 1 saturated carbocycles. The summed E-state index contributed by atoms with van der Waals surface area (Å²) in [5, 5.41) is 3.30. The van der Waals surface area contributed by atoms with Crippen LogP contribution in [0.1, 0.15) is 30.0 Å². The lowest BCUT2D eigenvalue weighted by atomic mass is 9.92. The summed E-state index contributed by atoms with van der Waals surface area (Å²) in [7, 11) is 2.26. The Hall–Kier alpha value is -1.83. The van der Waals surface area contributed by atoms with Crippen molar-refractivity contribution >= 4 is 17.0 Å². The van der Waals surface area contributed by atoms with Gasteiger partial charge in [-0.25, -0.2) is 9.97 Å². The molecule has 0 N–H and O–H groups in total. The van der Waals surface area contributed by atoms with Gasteiger partial charge < -0.3 is 0 Å². The van der Waals surface area contributed by atoms with Gasteiger partial charge in [0.25, 0.3) is 0 Å². The number of fused-ring (bicyclic) bond motifs is 1. The van der Waals surface area contributed by atoms with Crippen LogP contribution >= 0.6 is 11.3 Å². The molecule has 0 aromatic carbocycles. The zero-order chi connectivity index (χ0) is 17.6. The maximum atomic E-state index is 4.46. The summed E-state index contributed by atoms with van der Waals surface area (Å²) in [6.45, 7) is 4.32. The second-order valence-corrected chi connectivity index (χ2v) is 8.73. The van der Waals surface area contributed by atoms with Crippen LogP contribution in [-0.4, -0.2) is 55.3 Å². The van der Waals surface area contributed by atoms with Gasteiger partial charge in [-0.05, 0) is 44.8 Å². The van der Waals surface area contributed by atoms with Crippen molar-refractivity contribution in [2.75, 3.05) is 20.1 Å². The first-order valence-corrected chi connectivity index (χ1v) is 10.2. The fourth-order valence-corrected chi connectivity index (χ4v) is 5.22. The molecule has 2 aliphatic rings. The zero-order valence-electron chi connectivity index (χ0n) is 15.1. The number of piperidine rings is 1. The molecule has 26 heavy (non-hydrogen) atoms. The van der Waals surface area contributed by atoms with Crippen LogP contribution in [0.4, 0.5) is 0 Å². The van der Waals surface area contributed by atoms with Crippen LogP contribution in [0.5, 0.6) is 0 Å². The van der Waals surface area contributed by atoms with E-state index in [9.17, 15) is 0 Å². The van der Waals surface area contributed by atoms with E-state index in [0.29, 0.717) is 5.41 Å². The molecule has 3 aromatic heterocycles. The van der Waals surface area contributed by atoms with Gasteiger partial charge in [-0.2, -0.15) is 0 Å². The predicted molar refractivity (Wildman–Crippen MR) is 102 cm³/mol. The van der Waals surface area contributed by atoms with Crippen LogP contribution in [-0.2, 0) is 13.1 Å². The number of hydrogen-bond acceptors (Lipinski definition) is 6. The number of nitrogens with zero attached hydrogens (tertiary/aromatic N) is 6. The lowest BCUT2D eigenvalue weighted by Crippen LogP contribution is -2.37. The van der Waals surface area contributed by atoms with Gasteiger partial charge >= 0.3 is 0 Å². The Balaban J connectivity index is 1.18. The smallest absolute Gasteiger partial charge is 0.155 e. The largest absolute Gasteiger partial charge is 0.300 e. The molecule has 0 bridgehead atoms. The van der Waals surface area contributed by atoms with Gasteiger partial charge in [0.2, 0.25) is 0 Å². The van der Waals surface area contributed by atoms with E-state index in [1.807, 2.05) is 31.0 Å². The van der Waals surface area contributed by atoms with Crippen molar-refractivity contribution in [3.8, 4) is 0 Å². The molecule has 2 fully saturated rings. The van der Waals surface area contributed by atoms with E-state index in [0.717, 1.165) is 24.8 Å². The van der Waals surface area contributed by atoms with Crippen molar-refractivity contribution < 1.29 is 0 Å². The van der Waals surface area contributed by atoms with Crippen LogP contribution in [0.25, 0.3) is 5.65 Å². The third-order valence-electron chi connectivity index (χ3n) is 6.18. The first kappa shape index (κ1) is 16.4. The Morgan fingerprint density at radius 2 is 2.12 bits per heavy atom. The molecule has 1 spiro atoms. The van der Waals surface area contributed by atoms with E-state index in [-0.39, 0.29) is 0 Å². The fraction of sp³-hybridized carbons (Fsp3) is 0.526. The van der Waals surface area contributed by atoms with E-state index >= 15 is 0 Å². The highest BCUT2D eigenvalue weighted by Gasteiger charge is 2.56. The van der Waals surface area contributed by atoms with Crippen molar-refractivity contribution in [3.63, 3.8) is 0 Å². The van der Waals surface area contributed by atoms with Crippen LogP contribution in [0.15, 0.2) is 36.4 Å². The molecular formula is C19H24N6S. The standard InChI is InChI=1S/C19H24N6S/c1-23(14-18-21-5-9-26-18)16-10-19(16)2-6-24(7-3-19)13-15-11-22-17-12-20-4-8-25(15)17/h4-5,8-9,11-12,16H,2-3,6-7,10,13-14H2,1H3. The summed E-state index contributed by atoms with van der Waals surface area (Å²) < 4.78 is 2.15. The Labute approximate surface area is 157 Å². The summed E-state index contributed by atoms with van der Waals surface area (Å²) in [5.41, 5.74) is 2.74. The van der Waals surface area contributed by atoms with Crippen molar-refractivity contribution in [2.45, 2.75) is 38.4 Å². The Kier molecular flexibility index (Phi) is 4.03. The van der Waals surface area contributed by atoms with Crippen LogP contribution < -0.4 is 0 Å². The molecule has 1 aliphatic heterocycles. The van der Waals surface area contributed by atoms with E-state index in [1.165, 1.54) is 43.1 Å². The molecular weight excluding hydrogens is 344 g/mol. The molecule has 7 heteroatoms. The van der Waals surface area contributed by atoms with Gasteiger partial charge in [0.05, 0.1) is 24.6 Å². The third-order valence-corrected chi connectivity index (χ3v) is 6.94. The second-order valence-electron chi connectivity index (χ2n) is 7.75. The highest BCUT2D eigenvalue weighted by Crippen LogP contribution is 2.56. The Morgan fingerprint density at radius 3 is 2.92 bits per heavy atom. The van der Waals surface area contributed by atoms with Crippen molar-refractivity contribution in [2.24, 2.45) is 5.41 Å². The van der Waals surface area contributed by atoms with E-state index in [2.05, 4.69) is 41.6 Å². The molecule has 6 nitrogen and oxygen atoms in total. The highest BCUT2D eigenvalue weighted by atomic mass is 32.1. The Morgan fingerprint density at radius 1 is 1.23 bits per heavy atom. The third kappa shape index (κ3) is 2.94. The quantitative estimate of drug-likeness (QED) is 0.693. The van der Waals surface area contributed by atoms with Gasteiger partial charge in [0.15, 0.2) is 5.65 Å². The fourth-order valence-electron chi connectivity index (χ4n) is 4.54. The molecule has 0 amide bonds. The zero-order valence-corrected chi connectivity index (χ0v) is 15.9. The summed E-state index contributed by atoms with van der Waals surface area (Å²) in [6, 6.07) is 0.732. The topological polar surface area (TPSA) is 49.6 Å². The number of thiazole rings is 1. The molecule has 1 aliphatic carbocycles.